The van der Waals surface area contributed by atoms with Crippen molar-refractivity contribution in [1.29, 1.82) is 0 Å². The molecule has 0 fully saturated rings. The number of aromatic nitrogens is 2. The highest BCUT2D eigenvalue weighted by atomic mass is 16.1. The molecule has 1 aromatic carbocycles. The van der Waals surface area contributed by atoms with E-state index in [1.54, 1.807) is 12.5 Å². The van der Waals surface area contributed by atoms with Gasteiger partial charge in [-0.3, -0.25) is 4.79 Å². The van der Waals surface area contributed by atoms with Crippen molar-refractivity contribution in [3.63, 3.8) is 0 Å². The number of anilines is 1. The second-order valence-electron chi connectivity index (χ2n) is 4.20. The van der Waals surface area contributed by atoms with Gasteiger partial charge in [-0.1, -0.05) is 0 Å². The van der Waals surface area contributed by atoms with Crippen molar-refractivity contribution in [3.05, 3.63) is 48.0 Å². The highest BCUT2D eigenvalue weighted by molar-refractivity contribution is 5.94. The van der Waals surface area contributed by atoms with Crippen LogP contribution >= 0.6 is 0 Å². The van der Waals surface area contributed by atoms with Crippen molar-refractivity contribution in [3.8, 4) is 0 Å². The Kier molecular flexibility index (Phi) is 3.62. The Morgan fingerprint density at radius 2 is 2.06 bits per heavy atom. The van der Waals surface area contributed by atoms with Gasteiger partial charge in [0.1, 0.15) is 0 Å². The largest absolute Gasteiger partial charge is 0.378 e. The Balaban J connectivity index is 1.96. The summed E-state index contributed by atoms with van der Waals surface area (Å²) in [6, 6.07) is 7.48. The predicted molar refractivity (Wildman–Crippen MR) is 70.5 cm³/mol. The number of nitrogens with one attached hydrogen (secondary N) is 2. The van der Waals surface area contributed by atoms with E-state index in [0.717, 1.165) is 11.4 Å². The van der Waals surface area contributed by atoms with Crippen molar-refractivity contribution in [2.45, 2.75) is 6.54 Å². The van der Waals surface area contributed by atoms with Gasteiger partial charge in [-0.2, -0.15) is 0 Å². The molecular weight excluding hydrogens is 228 g/mol. The van der Waals surface area contributed by atoms with E-state index in [1.807, 2.05) is 43.3 Å². The Hall–Kier alpha value is -2.30. The summed E-state index contributed by atoms with van der Waals surface area (Å²) in [5, 5.41) is 2.83. The minimum Gasteiger partial charge on any atom is -0.378 e. The summed E-state index contributed by atoms with van der Waals surface area (Å²) in [5.74, 6) is -0.0880. The average molecular weight is 244 g/mol. The van der Waals surface area contributed by atoms with Gasteiger partial charge < -0.3 is 15.2 Å². The van der Waals surface area contributed by atoms with Crippen LogP contribution in [0, 0.1) is 0 Å². The van der Waals surface area contributed by atoms with Crippen molar-refractivity contribution >= 4 is 11.6 Å². The molecule has 0 bridgehead atoms. The smallest absolute Gasteiger partial charge is 0.251 e. The zero-order chi connectivity index (χ0) is 13.0. The molecule has 2 N–H and O–H groups in total. The zero-order valence-electron chi connectivity index (χ0n) is 10.5. The first-order valence-electron chi connectivity index (χ1n) is 5.69. The van der Waals surface area contributed by atoms with Gasteiger partial charge in [0.25, 0.3) is 5.91 Å². The number of benzene rings is 1. The number of imidazole rings is 1. The van der Waals surface area contributed by atoms with E-state index in [-0.39, 0.29) is 5.91 Å². The maximum Gasteiger partial charge on any atom is 0.251 e. The summed E-state index contributed by atoms with van der Waals surface area (Å²) in [7, 11) is 3.93. The van der Waals surface area contributed by atoms with Crippen LogP contribution in [0.4, 0.5) is 5.69 Å². The second kappa shape index (κ2) is 5.35. The number of nitrogens with zero attached hydrogens (tertiary/aromatic N) is 2. The van der Waals surface area contributed by atoms with Gasteiger partial charge in [-0.05, 0) is 24.3 Å². The molecule has 1 aromatic heterocycles. The number of carbonyl (C=O) groups excluding carboxylic acids is 1. The van der Waals surface area contributed by atoms with Crippen LogP contribution in [-0.4, -0.2) is 30.0 Å². The fourth-order valence-electron chi connectivity index (χ4n) is 1.57. The van der Waals surface area contributed by atoms with E-state index in [1.165, 1.54) is 0 Å². The summed E-state index contributed by atoms with van der Waals surface area (Å²) >= 11 is 0. The van der Waals surface area contributed by atoms with Crippen LogP contribution in [0.5, 0.6) is 0 Å². The van der Waals surface area contributed by atoms with E-state index < -0.39 is 0 Å². The number of aromatic amines is 1. The fourth-order valence-corrected chi connectivity index (χ4v) is 1.57. The summed E-state index contributed by atoms with van der Waals surface area (Å²) in [4.78, 5) is 20.7. The molecule has 0 atom stereocenters. The number of amides is 1. The highest BCUT2D eigenvalue weighted by Crippen LogP contribution is 2.12. The van der Waals surface area contributed by atoms with Crippen LogP contribution in [0.15, 0.2) is 36.8 Å². The Morgan fingerprint density at radius 1 is 1.33 bits per heavy atom. The van der Waals surface area contributed by atoms with Crippen LogP contribution < -0.4 is 10.2 Å². The number of H-pyrrole nitrogens is 1. The molecule has 0 aliphatic carbocycles. The Morgan fingerprint density at radius 3 is 2.61 bits per heavy atom. The van der Waals surface area contributed by atoms with E-state index in [4.69, 9.17) is 0 Å². The Bertz CT molecular complexity index is 502. The zero-order valence-corrected chi connectivity index (χ0v) is 10.5. The molecule has 0 unspecified atom stereocenters. The lowest BCUT2D eigenvalue weighted by molar-refractivity contribution is 0.0950. The molecule has 0 radical (unpaired) electrons. The molecule has 2 aromatic rings. The first-order chi connectivity index (χ1) is 8.66. The minimum atomic E-state index is -0.0880. The molecule has 94 valence electrons. The highest BCUT2D eigenvalue weighted by Gasteiger charge is 2.05. The van der Waals surface area contributed by atoms with Gasteiger partial charge in [0, 0.05) is 31.5 Å². The molecule has 0 saturated heterocycles. The van der Waals surface area contributed by atoms with Gasteiger partial charge in [0.2, 0.25) is 0 Å². The molecule has 0 aliphatic heterocycles. The van der Waals surface area contributed by atoms with Gasteiger partial charge in [-0.25, -0.2) is 4.98 Å². The minimum absolute atomic E-state index is 0.0880. The maximum atomic E-state index is 11.9. The summed E-state index contributed by atoms with van der Waals surface area (Å²) in [5.41, 5.74) is 2.61. The number of carbonyl (C=O) groups is 1. The standard InChI is InChI=1S/C13H16N4O/c1-17(2)12-5-3-10(4-6-12)13(18)15-8-11-7-14-9-16-11/h3-7,9H,8H2,1-2H3,(H,14,16)(H,15,18). The molecule has 5 nitrogen and oxygen atoms in total. The van der Waals surface area contributed by atoms with E-state index in [9.17, 15) is 4.79 Å². The summed E-state index contributed by atoms with van der Waals surface area (Å²) < 4.78 is 0. The van der Waals surface area contributed by atoms with Crippen molar-refractivity contribution in [2.24, 2.45) is 0 Å². The molecule has 18 heavy (non-hydrogen) atoms. The topological polar surface area (TPSA) is 61.0 Å². The molecule has 2 rings (SSSR count). The molecular formula is C13H16N4O. The third-order valence-electron chi connectivity index (χ3n) is 2.64. The molecule has 5 heteroatoms. The van der Waals surface area contributed by atoms with Crippen molar-refractivity contribution in [2.75, 3.05) is 19.0 Å². The van der Waals surface area contributed by atoms with Gasteiger partial charge >= 0.3 is 0 Å². The Labute approximate surface area is 106 Å². The number of hydrogen-bond donors (Lipinski definition) is 2. The summed E-state index contributed by atoms with van der Waals surface area (Å²) in [6.07, 6.45) is 3.28. The molecule has 1 heterocycles. The third kappa shape index (κ3) is 2.88. The molecule has 1 amide bonds. The van der Waals surface area contributed by atoms with Gasteiger partial charge in [-0.15, -0.1) is 0 Å². The maximum absolute atomic E-state index is 11.9. The van der Waals surface area contributed by atoms with Crippen LogP contribution in [0.25, 0.3) is 0 Å². The van der Waals surface area contributed by atoms with Crippen molar-refractivity contribution in [1.82, 2.24) is 15.3 Å². The van der Waals surface area contributed by atoms with E-state index >= 15 is 0 Å². The second-order valence-corrected chi connectivity index (χ2v) is 4.20. The average Bonchev–Trinajstić information content (AvgIpc) is 2.89. The first-order valence-corrected chi connectivity index (χ1v) is 5.69. The lowest BCUT2D eigenvalue weighted by Gasteiger charge is -2.12. The van der Waals surface area contributed by atoms with Crippen LogP contribution in [0.2, 0.25) is 0 Å². The van der Waals surface area contributed by atoms with Crippen LogP contribution in [0.3, 0.4) is 0 Å². The van der Waals surface area contributed by atoms with Gasteiger partial charge in [0.15, 0.2) is 0 Å². The lowest BCUT2D eigenvalue weighted by Crippen LogP contribution is -2.23. The molecule has 0 aliphatic rings. The fraction of sp³-hybridized carbons (Fsp3) is 0.231. The lowest BCUT2D eigenvalue weighted by atomic mass is 10.2. The summed E-state index contributed by atoms with van der Waals surface area (Å²) in [6.45, 7) is 0.453. The third-order valence-corrected chi connectivity index (χ3v) is 2.64. The number of rotatable bonds is 4. The van der Waals surface area contributed by atoms with E-state index in [2.05, 4.69) is 15.3 Å². The van der Waals surface area contributed by atoms with Gasteiger partial charge in [0.05, 0.1) is 18.6 Å². The van der Waals surface area contributed by atoms with Crippen LogP contribution in [0.1, 0.15) is 16.1 Å². The SMILES string of the molecule is CN(C)c1ccc(C(=O)NCc2cnc[nH]2)cc1. The number of hydrogen-bond acceptors (Lipinski definition) is 3. The van der Waals surface area contributed by atoms with Crippen LogP contribution in [-0.2, 0) is 6.54 Å². The normalized spacial score (nSPS) is 10.1. The predicted octanol–water partition coefficient (Wildman–Crippen LogP) is 1.41. The molecule has 0 spiro atoms. The monoisotopic (exact) mass is 244 g/mol. The quantitative estimate of drug-likeness (QED) is 0.854. The van der Waals surface area contributed by atoms with Crippen molar-refractivity contribution < 1.29 is 4.79 Å². The first kappa shape index (κ1) is 12.2. The van der Waals surface area contributed by atoms with E-state index in [0.29, 0.717) is 12.1 Å². The molecule has 0 saturated carbocycles.